The van der Waals surface area contributed by atoms with Crippen molar-refractivity contribution in [2.45, 2.75) is 65.9 Å². The summed E-state index contributed by atoms with van der Waals surface area (Å²) in [4.78, 5) is 12.0. The molecular formula is C20H32O4. The number of carbonyl (C=O) groups excluding carboxylic acids is 1. The van der Waals surface area contributed by atoms with Gasteiger partial charge in [-0.3, -0.25) is 4.79 Å². The molecule has 4 heteroatoms. The van der Waals surface area contributed by atoms with Gasteiger partial charge in [0.2, 0.25) is 0 Å². The van der Waals surface area contributed by atoms with Crippen LogP contribution in [0.1, 0.15) is 65.9 Å². The molecule has 0 radical (unpaired) electrons. The molecule has 136 valence electrons. The Morgan fingerprint density at radius 3 is 2.21 bits per heavy atom. The number of hydrogen-bond acceptors (Lipinski definition) is 4. The van der Waals surface area contributed by atoms with E-state index in [-0.39, 0.29) is 24.8 Å². The van der Waals surface area contributed by atoms with Crippen molar-refractivity contribution < 1.29 is 19.4 Å². The van der Waals surface area contributed by atoms with Crippen molar-refractivity contribution in [3.05, 3.63) is 29.8 Å². The maximum Gasteiger partial charge on any atom is 0.311 e. The lowest BCUT2D eigenvalue weighted by atomic mass is 9.83. The first-order valence-corrected chi connectivity index (χ1v) is 8.62. The largest absolute Gasteiger partial charge is 0.488 e. The molecule has 1 aromatic carbocycles. The molecule has 0 saturated heterocycles. The molecule has 1 unspecified atom stereocenters. The van der Waals surface area contributed by atoms with Crippen LogP contribution in [0.4, 0.5) is 0 Å². The Morgan fingerprint density at radius 1 is 1.12 bits per heavy atom. The highest BCUT2D eigenvalue weighted by Crippen LogP contribution is 2.31. The topological polar surface area (TPSA) is 55.8 Å². The number of benzene rings is 1. The summed E-state index contributed by atoms with van der Waals surface area (Å²) < 4.78 is 10.9. The fraction of sp³-hybridized carbons (Fsp3) is 0.650. The minimum absolute atomic E-state index is 0.0626. The molecule has 0 aliphatic rings. The molecule has 1 rings (SSSR count). The lowest BCUT2D eigenvalue weighted by molar-refractivity contribution is -0.155. The molecule has 0 bridgehead atoms. The van der Waals surface area contributed by atoms with Gasteiger partial charge in [0.15, 0.2) is 0 Å². The fourth-order valence-electron chi connectivity index (χ4n) is 2.40. The van der Waals surface area contributed by atoms with Crippen LogP contribution in [0.2, 0.25) is 0 Å². The Labute approximate surface area is 146 Å². The normalized spacial score (nSPS) is 13.5. The molecule has 0 amide bonds. The van der Waals surface area contributed by atoms with Gasteiger partial charge in [0.05, 0.1) is 12.0 Å². The Bertz CT molecular complexity index is 511. The highest BCUT2D eigenvalue weighted by atomic mass is 16.5. The Morgan fingerprint density at radius 2 is 1.71 bits per heavy atom. The van der Waals surface area contributed by atoms with E-state index in [1.54, 1.807) is 0 Å². The second kappa shape index (κ2) is 8.52. The highest BCUT2D eigenvalue weighted by Gasteiger charge is 2.29. The summed E-state index contributed by atoms with van der Waals surface area (Å²) in [6.07, 6.45) is 1.62. The Kier molecular flexibility index (Phi) is 7.27. The summed E-state index contributed by atoms with van der Waals surface area (Å²) in [5.74, 6) is 0.961. The number of ether oxygens (including phenoxy) is 2. The van der Waals surface area contributed by atoms with Crippen LogP contribution in [0.5, 0.6) is 5.75 Å². The van der Waals surface area contributed by atoms with E-state index in [2.05, 4.69) is 19.1 Å². The van der Waals surface area contributed by atoms with Gasteiger partial charge in [-0.2, -0.15) is 0 Å². The maximum atomic E-state index is 12.0. The Balaban J connectivity index is 2.58. The van der Waals surface area contributed by atoms with Crippen LogP contribution >= 0.6 is 0 Å². The van der Waals surface area contributed by atoms with E-state index in [9.17, 15) is 4.79 Å². The summed E-state index contributed by atoms with van der Waals surface area (Å²) in [7, 11) is 0. The smallest absolute Gasteiger partial charge is 0.311 e. The van der Waals surface area contributed by atoms with Crippen molar-refractivity contribution >= 4 is 5.97 Å². The van der Waals surface area contributed by atoms with Crippen LogP contribution in [0.25, 0.3) is 0 Å². The number of esters is 1. The van der Waals surface area contributed by atoms with Gasteiger partial charge >= 0.3 is 5.97 Å². The van der Waals surface area contributed by atoms with Gasteiger partial charge < -0.3 is 14.6 Å². The molecule has 4 nitrogen and oxygen atoms in total. The van der Waals surface area contributed by atoms with Crippen molar-refractivity contribution in [1.82, 2.24) is 0 Å². The van der Waals surface area contributed by atoms with E-state index in [4.69, 9.17) is 14.6 Å². The third kappa shape index (κ3) is 6.91. The zero-order valence-corrected chi connectivity index (χ0v) is 15.9. The minimum Gasteiger partial charge on any atom is -0.488 e. The monoisotopic (exact) mass is 336 g/mol. The molecule has 1 aromatic rings. The van der Waals surface area contributed by atoms with E-state index in [1.807, 2.05) is 46.8 Å². The standard InChI is InChI=1S/C20H32O4/c1-15(11-12-20(5,6)18(22)23-14-13-21)16-7-9-17(10-8-16)24-19(2,3)4/h7-10,15,21H,11-14H2,1-6H3. The molecule has 0 aromatic heterocycles. The lowest BCUT2D eigenvalue weighted by Gasteiger charge is -2.24. The van der Waals surface area contributed by atoms with Crippen LogP contribution in [-0.4, -0.2) is 29.9 Å². The number of rotatable bonds is 8. The van der Waals surface area contributed by atoms with E-state index in [0.29, 0.717) is 5.92 Å². The number of aliphatic hydroxyl groups is 1. The van der Waals surface area contributed by atoms with Crippen molar-refractivity contribution in [2.24, 2.45) is 5.41 Å². The molecule has 0 heterocycles. The van der Waals surface area contributed by atoms with E-state index < -0.39 is 5.41 Å². The predicted molar refractivity (Wildman–Crippen MR) is 96.3 cm³/mol. The van der Waals surface area contributed by atoms with Gasteiger partial charge in [-0.15, -0.1) is 0 Å². The Hall–Kier alpha value is -1.55. The number of carbonyl (C=O) groups is 1. The molecule has 24 heavy (non-hydrogen) atoms. The number of hydrogen-bond donors (Lipinski definition) is 1. The molecule has 0 aliphatic heterocycles. The average Bonchev–Trinajstić information content (AvgIpc) is 2.49. The van der Waals surface area contributed by atoms with Crippen molar-refractivity contribution in [2.75, 3.05) is 13.2 Å². The SMILES string of the molecule is CC(CCC(C)(C)C(=O)OCCO)c1ccc(OC(C)(C)C)cc1. The number of aliphatic hydroxyl groups excluding tert-OH is 1. The van der Waals surface area contributed by atoms with Gasteiger partial charge in [-0.05, 0) is 71.1 Å². The molecule has 0 aliphatic carbocycles. The molecule has 0 spiro atoms. The van der Waals surface area contributed by atoms with Crippen LogP contribution in [0, 0.1) is 5.41 Å². The first-order chi connectivity index (χ1) is 11.0. The molecular weight excluding hydrogens is 304 g/mol. The first kappa shape index (κ1) is 20.5. The third-order valence-electron chi connectivity index (χ3n) is 3.95. The van der Waals surface area contributed by atoms with Crippen LogP contribution < -0.4 is 4.74 Å². The van der Waals surface area contributed by atoms with E-state index >= 15 is 0 Å². The summed E-state index contributed by atoms with van der Waals surface area (Å²) in [6, 6.07) is 8.17. The van der Waals surface area contributed by atoms with E-state index in [0.717, 1.165) is 18.6 Å². The van der Waals surface area contributed by atoms with Gasteiger partial charge in [0.25, 0.3) is 0 Å². The van der Waals surface area contributed by atoms with Gasteiger partial charge in [0.1, 0.15) is 18.0 Å². The van der Waals surface area contributed by atoms with Crippen molar-refractivity contribution in [3.63, 3.8) is 0 Å². The maximum absolute atomic E-state index is 12.0. The zero-order chi connectivity index (χ0) is 18.4. The second-order valence-corrected chi connectivity index (χ2v) is 7.97. The summed E-state index contributed by atoms with van der Waals surface area (Å²) in [6.45, 7) is 12.0. The fourth-order valence-corrected chi connectivity index (χ4v) is 2.40. The van der Waals surface area contributed by atoms with Crippen molar-refractivity contribution in [1.29, 1.82) is 0 Å². The van der Waals surface area contributed by atoms with E-state index in [1.165, 1.54) is 5.56 Å². The summed E-state index contributed by atoms with van der Waals surface area (Å²) >= 11 is 0. The quantitative estimate of drug-likeness (QED) is 0.719. The zero-order valence-electron chi connectivity index (χ0n) is 15.9. The van der Waals surface area contributed by atoms with Gasteiger partial charge in [0, 0.05) is 0 Å². The van der Waals surface area contributed by atoms with Crippen molar-refractivity contribution in [3.8, 4) is 5.75 Å². The van der Waals surface area contributed by atoms with Crippen LogP contribution in [0.15, 0.2) is 24.3 Å². The van der Waals surface area contributed by atoms with Crippen LogP contribution in [-0.2, 0) is 9.53 Å². The molecule has 1 atom stereocenters. The first-order valence-electron chi connectivity index (χ1n) is 8.62. The third-order valence-corrected chi connectivity index (χ3v) is 3.95. The molecule has 0 saturated carbocycles. The van der Waals surface area contributed by atoms with Crippen LogP contribution in [0.3, 0.4) is 0 Å². The molecule has 1 N–H and O–H groups in total. The average molecular weight is 336 g/mol. The van der Waals surface area contributed by atoms with Gasteiger partial charge in [-0.1, -0.05) is 19.1 Å². The molecule has 0 fully saturated rings. The minimum atomic E-state index is -0.543. The highest BCUT2D eigenvalue weighted by molar-refractivity contribution is 5.75. The van der Waals surface area contributed by atoms with Gasteiger partial charge in [-0.25, -0.2) is 0 Å². The summed E-state index contributed by atoms with van der Waals surface area (Å²) in [5, 5.41) is 8.75. The summed E-state index contributed by atoms with van der Waals surface area (Å²) in [5.41, 5.74) is 0.487. The lowest BCUT2D eigenvalue weighted by Crippen LogP contribution is -2.28. The predicted octanol–water partition coefficient (Wildman–Crippen LogP) is 4.31. The second-order valence-electron chi connectivity index (χ2n) is 7.97.